The molecule has 0 fully saturated rings. The zero-order valence-corrected chi connectivity index (χ0v) is 12.3. The highest BCUT2D eigenvalue weighted by Crippen LogP contribution is 2.32. The van der Waals surface area contributed by atoms with Gasteiger partial charge in [-0.15, -0.1) is 0 Å². The molecule has 21 heavy (non-hydrogen) atoms. The summed E-state index contributed by atoms with van der Waals surface area (Å²) in [6, 6.07) is 2.86. The molecule has 0 saturated heterocycles. The number of carbonyl (C=O) groups excluding carboxylic acids is 1. The van der Waals surface area contributed by atoms with E-state index in [1.54, 1.807) is 6.20 Å². The van der Waals surface area contributed by atoms with Gasteiger partial charge in [0.25, 0.3) is 0 Å². The zero-order valence-electron chi connectivity index (χ0n) is 10.7. The maximum absolute atomic E-state index is 12.3. The molecule has 0 saturated carbocycles. The molecule has 0 unspecified atom stereocenters. The van der Waals surface area contributed by atoms with Crippen molar-refractivity contribution in [2.24, 2.45) is 0 Å². The van der Waals surface area contributed by atoms with E-state index in [2.05, 4.69) is 20.0 Å². The van der Waals surface area contributed by atoms with Crippen LogP contribution in [0.1, 0.15) is 11.4 Å². The summed E-state index contributed by atoms with van der Waals surface area (Å²) in [6.07, 6.45) is 3.28. The minimum absolute atomic E-state index is 0.0277. The van der Waals surface area contributed by atoms with Crippen molar-refractivity contribution in [3.63, 3.8) is 0 Å². The number of halogens is 1. The molecule has 3 N–H and O–H groups in total. The predicted octanol–water partition coefficient (Wildman–Crippen LogP) is 1.04. The Morgan fingerprint density at radius 1 is 1.38 bits per heavy atom. The number of nitrogens with one attached hydrogen (secondary N) is 3. The number of hydrogen-bond donors (Lipinski definition) is 3. The van der Waals surface area contributed by atoms with E-state index in [9.17, 15) is 13.2 Å². The predicted molar refractivity (Wildman–Crippen MR) is 76.4 cm³/mol. The van der Waals surface area contributed by atoms with Crippen molar-refractivity contribution in [3.05, 3.63) is 40.9 Å². The van der Waals surface area contributed by atoms with Crippen molar-refractivity contribution >= 4 is 33.2 Å². The molecule has 0 spiro atoms. The number of nitrogens with zero attached hydrogens (tertiary/aromatic N) is 1. The summed E-state index contributed by atoms with van der Waals surface area (Å²) in [5.41, 5.74) is 1.16. The number of aromatic nitrogens is 2. The quantitative estimate of drug-likeness (QED) is 0.780. The normalized spacial score (nSPS) is 14.0. The third kappa shape index (κ3) is 2.78. The van der Waals surface area contributed by atoms with Crippen LogP contribution < -0.4 is 10.0 Å². The molecule has 1 aromatic heterocycles. The summed E-state index contributed by atoms with van der Waals surface area (Å²) >= 11 is 6.01. The monoisotopic (exact) mass is 326 g/mol. The van der Waals surface area contributed by atoms with E-state index < -0.39 is 10.0 Å². The van der Waals surface area contributed by atoms with Crippen LogP contribution in [0.2, 0.25) is 5.02 Å². The van der Waals surface area contributed by atoms with Gasteiger partial charge in [0.05, 0.1) is 18.0 Å². The van der Waals surface area contributed by atoms with E-state index in [0.29, 0.717) is 17.1 Å². The first-order chi connectivity index (χ1) is 9.95. The highest BCUT2D eigenvalue weighted by atomic mass is 35.5. The molecular formula is C12H11ClN4O3S. The largest absolute Gasteiger partial charge is 0.347 e. The van der Waals surface area contributed by atoms with Crippen LogP contribution in [0, 0.1) is 0 Å². The fourth-order valence-electron chi connectivity index (χ4n) is 2.07. The first-order valence-corrected chi connectivity index (χ1v) is 7.92. The Kier molecular flexibility index (Phi) is 3.44. The number of rotatable bonds is 4. The first kappa shape index (κ1) is 14.1. The van der Waals surface area contributed by atoms with Gasteiger partial charge in [0.15, 0.2) is 0 Å². The van der Waals surface area contributed by atoms with Gasteiger partial charge in [-0.1, -0.05) is 11.6 Å². The van der Waals surface area contributed by atoms with Gasteiger partial charge in [-0.3, -0.25) is 4.79 Å². The number of sulfonamides is 1. The van der Waals surface area contributed by atoms with Crippen LogP contribution in [-0.2, 0) is 27.8 Å². The van der Waals surface area contributed by atoms with Crippen LogP contribution >= 0.6 is 11.6 Å². The van der Waals surface area contributed by atoms with Gasteiger partial charge >= 0.3 is 0 Å². The van der Waals surface area contributed by atoms with Crippen molar-refractivity contribution in [2.75, 3.05) is 5.32 Å². The Morgan fingerprint density at radius 3 is 2.90 bits per heavy atom. The Morgan fingerprint density at radius 2 is 2.19 bits per heavy atom. The topological polar surface area (TPSA) is 104 Å². The van der Waals surface area contributed by atoms with Crippen molar-refractivity contribution < 1.29 is 13.2 Å². The number of hydrogen-bond acceptors (Lipinski definition) is 4. The summed E-state index contributed by atoms with van der Waals surface area (Å²) in [5.74, 6) is 0.312. The molecule has 1 aromatic carbocycles. The lowest BCUT2D eigenvalue weighted by molar-refractivity contribution is -0.115. The molecule has 9 heteroatoms. The van der Waals surface area contributed by atoms with Crippen molar-refractivity contribution in [1.82, 2.24) is 14.7 Å². The Hall–Kier alpha value is -1.90. The van der Waals surface area contributed by atoms with E-state index in [1.165, 1.54) is 18.3 Å². The maximum atomic E-state index is 12.3. The molecule has 2 heterocycles. The molecule has 0 aliphatic carbocycles. The highest BCUT2D eigenvalue weighted by molar-refractivity contribution is 7.89. The van der Waals surface area contributed by atoms with Gasteiger partial charge in [-0.25, -0.2) is 18.1 Å². The number of aromatic amines is 1. The smallest absolute Gasteiger partial charge is 0.242 e. The number of imidazole rings is 1. The second kappa shape index (κ2) is 5.14. The molecule has 0 radical (unpaired) electrons. The SMILES string of the molecule is O=C1Cc2cc(S(=O)(=O)NCc3ncc[nH]3)c(Cl)cc2N1. The van der Waals surface area contributed by atoms with E-state index in [-0.39, 0.29) is 28.8 Å². The molecule has 2 aromatic rings. The molecule has 1 aliphatic rings. The van der Waals surface area contributed by atoms with Crippen LogP contribution in [0.5, 0.6) is 0 Å². The van der Waals surface area contributed by atoms with Gasteiger partial charge in [0, 0.05) is 18.1 Å². The van der Waals surface area contributed by atoms with Crippen LogP contribution in [0.25, 0.3) is 0 Å². The first-order valence-electron chi connectivity index (χ1n) is 6.06. The van der Waals surface area contributed by atoms with Gasteiger partial charge < -0.3 is 10.3 Å². The minimum atomic E-state index is -3.79. The number of amides is 1. The van der Waals surface area contributed by atoms with Crippen LogP contribution in [0.15, 0.2) is 29.4 Å². The zero-order chi connectivity index (χ0) is 15.0. The molecule has 110 valence electrons. The number of fused-ring (bicyclic) bond motifs is 1. The lowest BCUT2D eigenvalue weighted by Gasteiger charge is -2.09. The maximum Gasteiger partial charge on any atom is 0.242 e. The molecule has 3 rings (SSSR count). The fourth-order valence-corrected chi connectivity index (χ4v) is 3.63. The molecular weight excluding hydrogens is 316 g/mol. The lowest BCUT2D eigenvalue weighted by Crippen LogP contribution is -2.24. The molecule has 0 atom stereocenters. The van der Waals surface area contributed by atoms with Crippen LogP contribution in [0.4, 0.5) is 5.69 Å². The van der Waals surface area contributed by atoms with E-state index in [4.69, 9.17) is 11.6 Å². The summed E-state index contributed by atoms with van der Waals surface area (Å²) in [4.78, 5) is 18.0. The van der Waals surface area contributed by atoms with E-state index in [1.807, 2.05) is 0 Å². The van der Waals surface area contributed by atoms with Crippen LogP contribution in [0.3, 0.4) is 0 Å². The van der Waals surface area contributed by atoms with Crippen molar-refractivity contribution in [3.8, 4) is 0 Å². The van der Waals surface area contributed by atoms with Gasteiger partial charge in [-0.05, 0) is 17.7 Å². The average molecular weight is 327 g/mol. The molecule has 1 aliphatic heterocycles. The van der Waals surface area contributed by atoms with E-state index in [0.717, 1.165) is 0 Å². The number of carbonyl (C=O) groups is 1. The third-order valence-electron chi connectivity index (χ3n) is 3.06. The number of H-pyrrole nitrogens is 1. The second-order valence-corrected chi connectivity index (χ2v) is 6.67. The molecule has 7 nitrogen and oxygen atoms in total. The highest BCUT2D eigenvalue weighted by Gasteiger charge is 2.25. The third-order valence-corrected chi connectivity index (χ3v) is 4.92. The lowest BCUT2D eigenvalue weighted by atomic mass is 10.2. The summed E-state index contributed by atoms with van der Waals surface area (Å²) in [6.45, 7) is 0.0277. The second-order valence-electron chi connectivity index (χ2n) is 4.53. The fraction of sp³-hybridized carbons (Fsp3) is 0.167. The van der Waals surface area contributed by atoms with E-state index >= 15 is 0 Å². The van der Waals surface area contributed by atoms with Crippen LogP contribution in [-0.4, -0.2) is 24.3 Å². The Bertz CT molecular complexity index is 802. The number of anilines is 1. The van der Waals surface area contributed by atoms with Crippen molar-refractivity contribution in [1.29, 1.82) is 0 Å². The average Bonchev–Trinajstić information content (AvgIpc) is 3.03. The molecule has 0 bridgehead atoms. The van der Waals surface area contributed by atoms with Crippen molar-refractivity contribution in [2.45, 2.75) is 17.9 Å². The van der Waals surface area contributed by atoms with Gasteiger partial charge in [0.1, 0.15) is 10.7 Å². The summed E-state index contributed by atoms with van der Waals surface area (Å²) in [7, 11) is -3.79. The Balaban J connectivity index is 1.89. The Labute approximate surface area is 125 Å². The summed E-state index contributed by atoms with van der Waals surface area (Å²) < 4.78 is 27.0. The number of benzene rings is 1. The summed E-state index contributed by atoms with van der Waals surface area (Å²) in [5, 5.41) is 2.68. The standard InChI is InChI=1S/C12H11ClN4O3S/c13-8-5-9-7(4-12(18)17-9)3-10(8)21(19,20)16-6-11-14-1-2-15-11/h1-3,5,16H,4,6H2,(H,14,15)(H,17,18). The van der Waals surface area contributed by atoms with Gasteiger partial charge in [0.2, 0.25) is 15.9 Å². The molecule has 1 amide bonds. The van der Waals surface area contributed by atoms with Gasteiger partial charge in [-0.2, -0.15) is 0 Å². The minimum Gasteiger partial charge on any atom is -0.347 e.